The van der Waals surface area contributed by atoms with Crippen molar-refractivity contribution < 1.29 is 9.53 Å². The molecular weight excluding hydrogens is 392 g/mol. The number of amides is 1. The maximum atomic E-state index is 13.1. The fourth-order valence-electron chi connectivity index (χ4n) is 4.40. The standard InChI is InChI=1S/C23H26N6O2/c1-15-21-19(14-27(15)3)29-16(2)25-26-23(29)18(13-20(30)28-9-11-31-12-10-28)24-22(21)17-7-5-4-6-8-17/h4-8,14,18H,9-13H2,1-3H3/t18-/m0/s1. The molecule has 1 saturated heterocycles. The third kappa shape index (κ3) is 3.37. The van der Waals surface area contributed by atoms with Crippen LogP contribution in [0.5, 0.6) is 0 Å². The number of benzene rings is 1. The van der Waals surface area contributed by atoms with Gasteiger partial charge in [0.25, 0.3) is 0 Å². The number of carbonyl (C=O) groups is 1. The average Bonchev–Trinajstić information content (AvgIpc) is 3.27. The van der Waals surface area contributed by atoms with Gasteiger partial charge >= 0.3 is 0 Å². The molecule has 0 bridgehead atoms. The summed E-state index contributed by atoms with van der Waals surface area (Å²) < 4.78 is 9.56. The van der Waals surface area contributed by atoms with E-state index in [0.717, 1.165) is 34.0 Å². The molecule has 3 aromatic rings. The van der Waals surface area contributed by atoms with Crippen molar-refractivity contribution in [2.24, 2.45) is 12.0 Å². The highest BCUT2D eigenvalue weighted by Crippen LogP contribution is 2.35. The molecule has 2 aliphatic heterocycles. The first kappa shape index (κ1) is 19.7. The molecule has 0 unspecified atom stereocenters. The Morgan fingerprint density at radius 2 is 1.87 bits per heavy atom. The molecule has 8 heteroatoms. The van der Waals surface area contributed by atoms with Crippen LogP contribution in [0.4, 0.5) is 0 Å². The number of hydrogen-bond acceptors (Lipinski definition) is 5. The van der Waals surface area contributed by atoms with Crippen molar-refractivity contribution >= 4 is 11.6 Å². The highest BCUT2D eigenvalue weighted by atomic mass is 16.5. The number of ether oxygens (including phenoxy) is 1. The highest BCUT2D eigenvalue weighted by molar-refractivity contribution is 6.16. The smallest absolute Gasteiger partial charge is 0.225 e. The molecule has 0 spiro atoms. The summed E-state index contributed by atoms with van der Waals surface area (Å²) >= 11 is 0. The third-order valence-corrected chi connectivity index (χ3v) is 6.15. The minimum absolute atomic E-state index is 0.0699. The molecule has 0 N–H and O–H groups in total. The lowest BCUT2D eigenvalue weighted by Gasteiger charge is -2.27. The van der Waals surface area contributed by atoms with Crippen molar-refractivity contribution in [1.29, 1.82) is 0 Å². The quantitative estimate of drug-likeness (QED) is 0.654. The van der Waals surface area contributed by atoms with Gasteiger partial charge in [-0.25, -0.2) is 0 Å². The number of nitrogens with zero attached hydrogens (tertiary/aromatic N) is 6. The van der Waals surface area contributed by atoms with E-state index in [2.05, 4.69) is 44.6 Å². The predicted octanol–water partition coefficient (Wildman–Crippen LogP) is 2.36. The van der Waals surface area contributed by atoms with Gasteiger partial charge in [0.2, 0.25) is 5.91 Å². The van der Waals surface area contributed by atoms with Crippen LogP contribution in [-0.4, -0.2) is 62.2 Å². The minimum Gasteiger partial charge on any atom is -0.378 e. The van der Waals surface area contributed by atoms with Gasteiger partial charge in [0.15, 0.2) is 5.82 Å². The number of rotatable bonds is 3. The number of morpholine rings is 1. The van der Waals surface area contributed by atoms with Crippen LogP contribution in [0, 0.1) is 13.8 Å². The summed E-state index contributed by atoms with van der Waals surface area (Å²) in [6.07, 6.45) is 2.35. The first-order valence-electron chi connectivity index (χ1n) is 10.6. The second-order valence-corrected chi connectivity index (χ2v) is 8.08. The zero-order valence-electron chi connectivity index (χ0n) is 18.1. The molecular formula is C23H26N6O2. The molecule has 2 aromatic heterocycles. The van der Waals surface area contributed by atoms with Gasteiger partial charge in [-0.1, -0.05) is 30.3 Å². The summed E-state index contributed by atoms with van der Waals surface area (Å²) in [5.41, 5.74) is 5.08. The Bertz CT molecular complexity index is 1150. The number of carbonyl (C=O) groups excluding carboxylic acids is 1. The fourth-order valence-corrected chi connectivity index (χ4v) is 4.40. The van der Waals surface area contributed by atoms with Crippen LogP contribution in [0.3, 0.4) is 0 Å². The summed E-state index contributed by atoms with van der Waals surface area (Å²) in [4.78, 5) is 20.1. The fraction of sp³-hybridized carbons (Fsp3) is 0.391. The molecule has 8 nitrogen and oxygen atoms in total. The molecule has 1 amide bonds. The second-order valence-electron chi connectivity index (χ2n) is 8.08. The molecule has 0 saturated carbocycles. The van der Waals surface area contributed by atoms with Gasteiger partial charge in [-0.15, -0.1) is 10.2 Å². The normalized spacial score (nSPS) is 18.2. The Morgan fingerprint density at radius 1 is 1.13 bits per heavy atom. The lowest BCUT2D eigenvalue weighted by molar-refractivity contribution is -0.135. The van der Waals surface area contributed by atoms with Crippen LogP contribution in [0.25, 0.3) is 5.69 Å². The maximum Gasteiger partial charge on any atom is 0.225 e. The Kier molecular flexibility index (Phi) is 4.94. The Labute approximate surface area is 181 Å². The van der Waals surface area contributed by atoms with E-state index in [4.69, 9.17) is 9.73 Å². The first-order valence-corrected chi connectivity index (χ1v) is 10.6. The van der Waals surface area contributed by atoms with E-state index in [0.29, 0.717) is 32.1 Å². The number of aryl methyl sites for hydroxylation is 2. The molecule has 1 aromatic carbocycles. The Morgan fingerprint density at radius 3 is 2.61 bits per heavy atom. The van der Waals surface area contributed by atoms with Gasteiger partial charge in [0.05, 0.1) is 31.0 Å². The van der Waals surface area contributed by atoms with Crippen molar-refractivity contribution in [2.45, 2.75) is 26.3 Å². The summed E-state index contributed by atoms with van der Waals surface area (Å²) in [6, 6.07) is 9.74. The van der Waals surface area contributed by atoms with E-state index in [9.17, 15) is 4.79 Å². The van der Waals surface area contributed by atoms with Crippen LogP contribution in [0.15, 0.2) is 41.5 Å². The zero-order valence-corrected chi connectivity index (χ0v) is 18.1. The zero-order chi connectivity index (χ0) is 21.5. The number of aromatic nitrogens is 4. The summed E-state index contributed by atoms with van der Waals surface area (Å²) in [6.45, 7) is 6.43. The van der Waals surface area contributed by atoms with E-state index < -0.39 is 6.04 Å². The largest absolute Gasteiger partial charge is 0.378 e. The van der Waals surface area contributed by atoms with E-state index in [1.807, 2.05) is 37.1 Å². The molecule has 160 valence electrons. The van der Waals surface area contributed by atoms with Crippen LogP contribution < -0.4 is 0 Å². The predicted molar refractivity (Wildman–Crippen MR) is 117 cm³/mol. The molecule has 1 fully saturated rings. The topological polar surface area (TPSA) is 77.5 Å². The van der Waals surface area contributed by atoms with E-state index in [1.54, 1.807) is 0 Å². The Balaban J connectivity index is 1.66. The van der Waals surface area contributed by atoms with Gasteiger partial charge in [0, 0.05) is 43.2 Å². The summed E-state index contributed by atoms with van der Waals surface area (Å²) in [5, 5.41) is 8.80. The number of fused-ring (bicyclic) bond motifs is 3. The van der Waals surface area contributed by atoms with Crippen LogP contribution in [0.2, 0.25) is 0 Å². The monoisotopic (exact) mass is 418 g/mol. The molecule has 0 radical (unpaired) electrons. The minimum atomic E-state index is -0.413. The van der Waals surface area contributed by atoms with Gasteiger partial charge < -0.3 is 14.2 Å². The summed E-state index contributed by atoms with van der Waals surface area (Å²) in [7, 11) is 2.03. The summed E-state index contributed by atoms with van der Waals surface area (Å²) in [5.74, 6) is 1.56. The lowest BCUT2D eigenvalue weighted by atomic mass is 10.0. The Hall–Kier alpha value is -3.26. The van der Waals surface area contributed by atoms with Crippen molar-refractivity contribution in [3.05, 3.63) is 65.0 Å². The van der Waals surface area contributed by atoms with Gasteiger partial charge in [-0.2, -0.15) is 0 Å². The highest BCUT2D eigenvalue weighted by Gasteiger charge is 2.33. The molecule has 1 atom stereocenters. The van der Waals surface area contributed by atoms with E-state index >= 15 is 0 Å². The lowest BCUT2D eigenvalue weighted by Crippen LogP contribution is -2.41. The third-order valence-electron chi connectivity index (χ3n) is 6.15. The number of aliphatic imine (C=N–C) groups is 1. The van der Waals surface area contributed by atoms with Crippen molar-refractivity contribution in [3.63, 3.8) is 0 Å². The molecule has 4 heterocycles. The maximum absolute atomic E-state index is 13.1. The van der Waals surface area contributed by atoms with Crippen LogP contribution >= 0.6 is 0 Å². The molecule has 0 aliphatic carbocycles. The molecule has 2 aliphatic rings. The average molecular weight is 419 g/mol. The van der Waals surface area contributed by atoms with Gasteiger partial charge in [-0.05, 0) is 13.8 Å². The molecule has 5 rings (SSSR count). The van der Waals surface area contributed by atoms with Crippen LogP contribution in [-0.2, 0) is 16.6 Å². The molecule has 31 heavy (non-hydrogen) atoms. The van der Waals surface area contributed by atoms with Crippen LogP contribution in [0.1, 0.15) is 40.9 Å². The van der Waals surface area contributed by atoms with Gasteiger partial charge in [-0.3, -0.25) is 14.4 Å². The number of hydrogen-bond donors (Lipinski definition) is 0. The van der Waals surface area contributed by atoms with E-state index in [-0.39, 0.29) is 12.3 Å². The first-order chi connectivity index (χ1) is 15.0. The van der Waals surface area contributed by atoms with Crippen molar-refractivity contribution in [2.75, 3.05) is 26.3 Å². The SMILES string of the molecule is Cc1c2c(cn1C)-n1c(C)nnc1[C@H](CC(=O)N1CCOCC1)N=C2c1ccccc1. The van der Waals surface area contributed by atoms with Gasteiger partial charge in [0.1, 0.15) is 11.9 Å². The van der Waals surface area contributed by atoms with Crippen molar-refractivity contribution in [1.82, 2.24) is 24.2 Å². The second kappa shape index (κ2) is 7.77. The van der Waals surface area contributed by atoms with E-state index in [1.165, 1.54) is 0 Å². The van der Waals surface area contributed by atoms with Crippen molar-refractivity contribution in [3.8, 4) is 5.69 Å².